The Morgan fingerprint density at radius 3 is 2.47 bits per heavy atom. The lowest BCUT2D eigenvalue weighted by Gasteiger charge is -2.15. The van der Waals surface area contributed by atoms with Crippen molar-refractivity contribution in [3.05, 3.63) is 16.5 Å². The highest BCUT2D eigenvalue weighted by atomic mass is 32.2. The van der Waals surface area contributed by atoms with E-state index >= 15 is 0 Å². The molecule has 0 atom stereocenters. The summed E-state index contributed by atoms with van der Waals surface area (Å²) in [6.07, 6.45) is -0.195. The maximum atomic E-state index is 12.1. The van der Waals surface area contributed by atoms with Gasteiger partial charge in [-0.05, 0) is 25.5 Å². The van der Waals surface area contributed by atoms with Gasteiger partial charge in [0.15, 0.2) is 0 Å². The average molecular weight is 277 g/mol. The molecule has 96 valence electrons. The summed E-state index contributed by atoms with van der Waals surface area (Å²) in [5.74, 6) is -1.01. The summed E-state index contributed by atoms with van der Waals surface area (Å²) in [5.41, 5.74) is 0.703. The van der Waals surface area contributed by atoms with Crippen LogP contribution in [0.3, 0.4) is 0 Å². The van der Waals surface area contributed by atoms with Gasteiger partial charge in [-0.3, -0.25) is 4.79 Å². The summed E-state index contributed by atoms with van der Waals surface area (Å²) in [7, 11) is -2.16. The summed E-state index contributed by atoms with van der Waals surface area (Å²) in [4.78, 5) is 11.3. The highest BCUT2D eigenvalue weighted by Gasteiger charge is 2.25. The smallest absolute Gasteiger partial charge is 0.304 e. The van der Waals surface area contributed by atoms with E-state index in [2.05, 4.69) is 0 Å². The maximum Gasteiger partial charge on any atom is 0.304 e. The SMILES string of the molecule is Cc1cc(C)c(S(=O)(=O)N(C)CCC(=O)O)s1. The predicted molar refractivity (Wildman–Crippen MR) is 65.9 cm³/mol. The molecule has 17 heavy (non-hydrogen) atoms. The molecule has 1 rings (SSSR count). The van der Waals surface area contributed by atoms with Gasteiger partial charge in [-0.15, -0.1) is 11.3 Å². The van der Waals surface area contributed by atoms with Crippen molar-refractivity contribution in [2.75, 3.05) is 13.6 Å². The van der Waals surface area contributed by atoms with Gasteiger partial charge in [-0.1, -0.05) is 0 Å². The van der Waals surface area contributed by atoms with Crippen LogP contribution in [0.1, 0.15) is 16.9 Å². The number of carbonyl (C=O) groups is 1. The number of rotatable bonds is 5. The van der Waals surface area contributed by atoms with Gasteiger partial charge in [0.2, 0.25) is 0 Å². The Kier molecular flexibility index (Phi) is 4.29. The second-order valence-electron chi connectivity index (χ2n) is 3.80. The van der Waals surface area contributed by atoms with Gasteiger partial charge in [0.05, 0.1) is 6.42 Å². The fourth-order valence-electron chi connectivity index (χ4n) is 1.39. The third-order valence-corrected chi connectivity index (χ3v) is 5.90. The van der Waals surface area contributed by atoms with Crippen LogP contribution in [-0.2, 0) is 14.8 Å². The molecular formula is C10H15NO4S2. The third kappa shape index (κ3) is 3.27. The van der Waals surface area contributed by atoms with Crippen LogP contribution in [0.4, 0.5) is 0 Å². The molecule has 1 aromatic heterocycles. The molecule has 7 heteroatoms. The first-order chi connectivity index (χ1) is 7.75. The number of hydrogen-bond donors (Lipinski definition) is 1. The van der Waals surface area contributed by atoms with Gasteiger partial charge in [0.25, 0.3) is 10.0 Å². The van der Waals surface area contributed by atoms with Crippen LogP contribution in [0.15, 0.2) is 10.3 Å². The molecule has 5 nitrogen and oxygen atoms in total. The lowest BCUT2D eigenvalue weighted by atomic mass is 10.4. The van der Waals surface area contributed by atoms with Crippen molar-refractivity contribution < 1.29 is 18.3 Å². The van der Waals surface area contributed by atoms with Gasteiger partial charge in [-0.25, -0.2) is 8.42 Å². The number of nitrogens with zero attached hydrogens (tertiary/aromatic N) is 1. The summed E-state index contributed by atoms with van der Waals surface area (Å²) < 4.78 is 25.6. The Labute approximate surface area is 105 Å². The largest absolute Gasteiger partial charge is 0.481 e. The zero-order valence-electron chi connectivity index (χ0n) is 9.93. The van der Waals surface area contributed by atoms with Crippen molar-refractivity contribution in [2.45, 2.75) is 24.5 Å². The Balaban J connectivity index is 2.95. The summed E-state index contributed by atoms with van der Waals surface area (Å²) in [5, 5.41) is 8.54. The summed E-state index contributed by atoms with van der Waals surface area (Å²) in [6, 6.07) is 1.81. The predicted octanol–water partition coefficient (Wildman–Crippen LogP) is 1.46. The molecule has 0 aliphatic rings. The van der Waals surface area contributed by atoms with E-state index in [0.29, 0.717) is 9.77 Å². The van der Waals surface area contributed by atoms with Crippen LogP contribution in [0, 0.1) is 13.8 Å². The average Bonchev–Trinajstić information content (AvgIpc) is 2.54. The molecule has 0 spiro atoms. The van der Waals surface area contributed by atoms with Crippen molar-refractivity contribution in [1.82, 2.24) is 4.31 Å². The Hall–Kier alpha value is -0.920. The number of thiophene rings is 1. The van der Waals surface area contributed by atoms with E-state index < -0.39 is 16.0 Å². The van der Waals surface area contributed by atoms with Gasteiger partial charge < -0.3 is 5.11 Å². The number of carboxylic acids is 1. The number of sulfonamides is 1. The van der Waals surface area contributed by atoms with Crippen LogP contribution < -0.4 is 0 Å². The van der Waals surface area contributed by atoms with Crippen LogP contribution >= 0.6 is 11.3 Å². The van der Waals surface area contributed by atoms with Crippen molar-refractivity contribution in [3.63, 3.8) is 0 Å². The molecule has 0 unspecified atom stereocenters. The van der Waals surface area contributed by atoms with Gasteiger partial charge in [-0.2, -0.15) is 4.31 Å². The maximum absolute atomic E-state index is 12.1. The standard InChI is InChI=1S/C10H15NO4S2/c1-7-6-8(2)16-10(7)17(14,15)11(3)5-4-9(12)13/h6H,4-5H2,1-3H3,(H,12,13). The summed E-state index contributed by atoms with van der Waals surface area (Å²) >= 11 is 1.21. The molecule has 0 aliphatic heterocycles. The third-order valence-electron chi connectivity index (χ3n) is 2.28. The molecule has 0 saturated carbocycles. The molecule has 0 aliphatic carbocycles. The van der Waals surface area contributed by atoms with E-state index in [9.17, 15) is 13.2 Å². The van der Waals surface area contributed by atoms with Crippen LogP contribution in [0.25, 0.3) is 0 Å². The van der Waals surface area contributed by atoms with Crippen LogP contribution in [0.5, 0.6) is 0 Å². The molecule has 0 fully saturated rings. The van der Waals surface area contributed by atoms with E-state index in [1.165, 1.54) is 18.4 Å². The monoisotopic (exact) mass is 277 g/mol. The topological polar surface area (TPSA) is 74.7 Å². The highest BCUT2D eigenvalue weighted by molar-refractivity contribution is 7.91. The lowest BCUT2D eigenvalue weighted by molar-refractivity contribution is -0.137. The first-order valence-electron chi connectivity index (χ1n) is 5.00. The van der Waals surface area contributed by atoms with E-state index in [1.54, 1.807) is 6.92 Å². The fraction of sp³-hybridized carbons (Fsp3) is 0.500. The van der Waals surface area contributed by atoms with E-state index in [4.69, 9.17) is 5.11 Å². The number of carboxylic acid groups (broad SMARTS) is 1. The molecular weight excluding hydrogens is 262 g/mol. The zero-order chi connectivity index (χ0) is 13.2. The van der Waals surface area contributed by atoms with Crippen LogP contribution in [-0.4, -0.2) is 37.4 Å². The first kappa shape index (κ1) is 14.1. The van der Waals surface area contributed by atoms with E-state index in [-0.39, 0.29) is 13.0 Å². The molecule has 1 heterocycles. The van der Waals surface area contributed by atoms with Crippen molar-refractivity contribution >= 4 is 27.3 Å². The molecule has 0 amide bonds. The molecule has 0 bridgehead atoms. The van der Waals surface area contributed by atoms with Crippen molar-refractivity contribution in [1.29, 1.82) is 0 Å². The second-order valence-corrected chi connectivity index (χ2v) is 7.29. The number of hydrogen-bond acceptors (Lipinski definition) is 4. The number of aliphatic carboxylic acids is 1. The van der Waals surface area contributed by atoms with Crippen molar-refractivity contribution in [2.24, 2.45) is 0 Å². The fourth-order valence-corrected chi connectivity index (χ4v) is 4.42. The second kappa shape index (κ2) is 5.16. The molecule has 0 saturated heterocycles. The van der Waals surface area contributed by atoms with Gasteiger partial charge in [0.1, 0.15) is 4.21 Å². The van der Waals surface area contributed by atoms with Crippen LogP contribution in [0.2, 0.25) is 0 Å². The molecule has 1 N–H and O–H groups in total. The van der Waals surface area contributed by atoms with E-state index in [0.717, 1.165) is 9.18 Å². The van der Waals surface area contributed by atoms with Gasteiger partial charge in [0, 0.05) is 18.5 Å². The Morgan fingerprint density at radius 2 is 2.06 bits per heavy atom. The zero-order valence-corrected chi connectivity index (χ0v) is 11.6. The lowest BCUT2D eigenvalue weighted by Crippen LogP contribution is -2.29. The Bertz CT molecular complexity index is 518. The molecule has 1 aromatic rings. The molecule has 0 radical (unpaired) electrons. The normalized spacial score (nSPS) is 12.0. The first-order valence-corrected chi connectivity index (χ1v) is 7.26. The quantitative estimate of drug-likeness (QED) is 0.884. The van der Waals surface area contributed by atoms with Gasteiger partial charge >= 0.3 is 5.97 Å². The highest BCUT2D eigenvalue weighted by Crippen LogP contribution is 2.28. The Morgan fingerprint density at radius 1 is 1.47 bits per heavy atom. The molecule has 0 aromatic carbocycles. The summed E-state index contributed by atoms with van der Waals surface area (Å²) in [6.45, 7) is 3.56. The minimum absolute atomic E-state index is 0.0198. The minimum atomic E-state index is -3.56. The van der Waals surface area contributed by atoms with Crippen molar-refractivity contribution in [3.8, 4) is 0 Å². The van der Waals surface area contributed by atoms with E-state index in [1.807, 2.05) is 13.0 Å². The minimum Gasteiger partial charge on any atom is -0.481 e. The number of aryl methyl sites for hydroxylation is 2.